The van der Waals surface area contributed by atoms with E-state index in [9.17, 15) is 4.79 Å². The van der Waals surface area contributed by atoms with Gasteiger partial charge < -0.3 is 10.1 Å². The van der Waals surface area contributed by atoms with E-state index in [4.69, 9.17) is 4.74 Å². The minimum Gasteiger partial charge on any atom is -0.380 e. The number of carbonyl (C=O) groups is 1. The first-order chi connectivity index (χ1) is 11.0. The zero-order chi connectivity index (χ0) is 16.8. The Kier molecular flexibility index (Phi) is 6.24. The van der Waals surface area contributed by atoms with Crippen LogP contribution >= 0.6 is 11.3 Å². The molecule has 0 fully saturated rings. The number of rotatable bonds is 7. The molecule has 0 saturated carbocycles. The molecule has 0 bridgehead atoms. The van der Waals surface area contributed by atoms with Crippen LogP contribution < -0.4 is 5.32 Å². The van der Waals surface area contributed by atoms with Gasteiger partial charge in [0.15, 0.2) is 0 Å². The highest BCUT2D eigenvalue weighted by Crippen LogP contribution is 2.26. The molecule has 2 aromatic rings. The Bertz CT molecular complexity index is 641. The Morgan fingerprint density at radius 1 is 1.39 bits per heavy atom. The minimum absolute atomic E-state index is 0.0118. The van der Waals surface area contributed by atoms with Gasteiger partial charge in [-0.25, -0.2) is 4.98 Å². The lowest BCUT2D eigenvalue weighted by Crippen LogP contribution is -2.41. The topological polar surface area (TPSA) is 64.1 Å². The third-order valence-electron chi connectivity index (χ3n) is 3.51. The van der Waals surface area contributed by atoms with Gasteiger partial charge in [-0.3, -0.25) is 9.78 Å². The summed E-state index contributed by atoms with van der Waals surface area (Å²) in [5.74, 6) is 0.203. The molecule has 6 heteroatoms. The SMILES string of the molecule is CCOC[C@H](NC(=O)c1sc(-c2ccccn2)nc1C)C(C)C. The maximum Gasteiger partial charge on any atom is 0.263 e. The fourth-order valence-corrected chi connectivity index (χ4v) is 3.03. The van der Waals surface area contributed by atoms with Crippen molar-refractivity contribution in [3.05, 3.63) is 35.0 Å². The summed E-state index contributed by atoms with van der Waals surface area (Å²) in [6, 6.07) is 5.66. The van der Waals surface area contributed by atoms with E-state index in [0.29, 0.717) is 24.0 Å². The first kappa shape index (κ1) is 17.6. The second-order valence-electron chi connectivity index (χ2n) is 5.63. The quantitative estimate of drug-likeness (QED) is 0.844. The molecule has 23 heavy (non-hydrogen) atoms. The van der Waals surface area contributed by atoms with Crippen LogP contribution in [0.15, 0.2) is 24.4 Å². The van der Waals surface area contributed by atoms with Crippen LogP contribution in [0, 0.1) is 12.8 Å². The van der Waals surface area contributed by atoms with Crippen LogP contribution in [0.2, 0.25) is 0 Å². The van der Waals surface area contributed by atoms with E-state index >= 15 is 0 Å². The average Bonchev–Trinajstić information content (AvgIpc) is 2.94. The highest BCUT2D eigenvalue weighted by Gasteiger charge is 2.21. The van der Waals surface area contributed by atoms with Gasteiger partial charge in [-0.2, -0.15) is 0 Å². The molecule has 1 N–H and O–H groups in total. The summed E-state index contributed by atoms with van der Waals surface area (Å²) in [5.41, 5.74) is 1.52. The van der Waals surface area contributed by atoms with E-state index in [0.717, 1.165) is 16.4 Å². The Morgan fingerprint density at radius 3 is 2.78 bits per heavy atom. The Labute approximate surface area is 141 Å². The van der Waals surface area contributed by atoms with Crippen LogP contribution in [0.4, 0.5) is 0 Å². The molecule has 2 aromatic heterocycles. The Balaban J connectivity index is 2.14. The van der Waals surface area contributed by atoms with E-state index < -0.39 is 0 Å². The number of hydrogen-bond acceptors (Lipinski definition) is 5. The lowest BCUT2D eigenvalue weighted by Gasteiger charge is -2.21. The standard InChI is InChI=1S/C17H23N3O2S/c1-5-22-10-14(11(2)3)20-16(21)15-12(4)19-17(23-15)13-8-6-7-9-18-13/h6-9,11,14H,5,10H2,1-4H3,(H,20,21)/t14-/m0/s1. The normalized spacial score (nSPS) is 12.4. The van der Waals surface area contributed by atoms with Crippen molar-refractivity contribution in [3.63, 3.8) is 0 Å². The number of ether oxygens (including phenoxy) is 1. The van der Waals surface area contributed by atoms with E-state index in [-0.39, 0.29) is 11.9 Å². The molecule has 0 aliphatic heterocycles. The second-order valence-corrected chi connectivity index (χ2v) is 6.63. The van der Waals surface area contributed by atoms with Gasteiger partial charge in [0.25, 0.3) is 5.91 Å². The summed E-state index contributed by atoms with van der Waals surface area (Å²) < 4.78 is 5.46. The third-order valence-corrected chi connectivity index (χ3v) is 4.69. The number of carbonyl (C=O) groups excluding carboxylic acids is 1. The van der Waals surface area contributed by atoms with Crippen LogP contribution in [-0.2, 0) is 4.74 Å². The lowest BCUT2D eigenvalue weighted by molar-refractivity contribution is 0.0809. The molecule has 0 unspecified atom stereocenters. The largest absolute Gasteiger partial charge is 0.380 e. The average molecular weight is 333 g/mol. The number of aromatic nitrogens is 2. The first-order valence-corrected chi connectivity index (χ1v) is 8.62. The van der Waals surface area contributed by atoms with Crippen molar-refractivity contribution in [2.45, 2.75) is 33.7 Å². The zero-order valence-corrected chi connectivity index (χ0v) is 14.8. The summed E-state index contributed by atoms with van der Waals surface area (Å²) in [6.07, 6.45) is 1.72. The zero-order valence-electron chi connectivity index (χ0n) is 14.0. The third kappa shape index (κ3) is 4.59. The van der Waals surface area contributed by atoms with Crippen molar-refractivity contribution in [3.8, 4) is 10.7 Å². The molecule has 124 valence electrons. The number of hydrogen-bond donors (Lipinski definition) is 1. The smallest absolute Gasteiger partial charge is 0.263 e. The molecular formula is C17H23N3O2S. The summed E-state index contributed by atoms with van der Waals surface area (Å²) in [5, 5.41) is 3.82. The van der Waals surface area contributed by atoms with Gasteiger partial charge in [0.1, 0.15) is 9.88 Å². The Hall–Kier alpha value is -1.79. The molecule has 2 heterocycles. The number of thiazole rings is 1. The molecule has 2 rings (SSSR count). The number of nitrogens with one attached hydrogen (secondary N) is 1. The fourth-order valence-electron chi connectivity index (χ4n) is 2.09. The molecule has 0 aromatic carbocycles. The molecule has 0 aliphatic carbocycles. The molecular weight excluding hydrogens is 310 g/mol. The van der Waals surface area contributed by atoms with Crippen LogP contribution in [0.1, 0.15) is 36.1 Å². The van der Waals surface area contributed by atoms with Crippen molar-refractivity contribution >= 4 is 17.2 Å². The summed E-state index contributed by atoms with van der Waals surface area (Å²) >= 11 is 1.37. The maximum absolute atomic E-state index is 12.6. The van der Waals surface area contributed by atoms with Gasteiger partial charge in [-0.15, -0.1) is 11.3 Å². The lowest BCUT2D eigenvalue weighted by atomic mass is 10.1. The number of aryl methyl sites for hydroxylation is 1. The van der Waals surface area contributed by atoms with Crippen molar-refractivity contribution in [2.24, 2.45) is 5.92 Å². The number of nitrogens with zero attached hydrogens (tertiary/aromatic N) is 2. The van der Waals surface area contributed by atoms with Gasteiger partial charge in [-0.05, 0) is 31.9 Å². The molecule has 0 spiro atoms. The number of amides is 1. The van der Waals surface area contributed by atoms with Crippen LogP contribution in [0.25, 0.3) is 10.7 Å². The van der Waals surface area contributed by atoms with Gasteiger partial charge in [0.2, 0.25) is 0 Å². The van der Waals surface area contributed by atoms with Gasteiger partial charge in [0.05, 0.1) is 24.0 Å². The van der Waals surface area contributed by atoms with Gasteiger partial charge >= 0.3 is 0 Å². The van der Waals surface area contributed by atoms with Gasteiger partial charge in [-0.1, -0.05) is 19.9 Å². The van der Waals surface area contributed by atoms with Crippen LogP contribution in [0.3, 0.4) is 0 Å². The van der Waals surface area contributed by atoms with Crippen molar-refractivity contribution < 1.29 is 9.53 Å². The van der Waals surface area contributed by atoms with Crippen LogP contribution in [0.5, 0.6) is 0 Å². The molecule has 1 amide bonds. The molecule has 1 atom stereocenters. The fraction of sp³-hybridized carbons (Fsp3) is 0.471. The van der Waals surface area contributed by atoms with Crippen molar-refractivity contribution in [1.82, 2.24) is 15.3 Å². The Morgan fingerprint density at radius 2 is 2.17 bits per heavy atom. The highest BCUT2D eigenvalue weighted by atomic mass is 32.1. The predicted octanol–water partition coefficient (Wildman–Crippen LogP) is 3.30. The van der Waals surface area contributed by atoms with E-state index in [1.807, 2.05) is 32.0 Å². The predicted molar refractivity (Wildman–Crippen MR) is 92.7 cm³/mol. The van der Waals surface area contributed by atoms with E-state index in [2.05, 4.69) is 29.1 Å². The maximum atomic E-state index is 12.6. The van der Waals surface area contributed by atoms with Crippen LogP contribution in [-0.4, -0.2) is 35.1 Å². The van der Waals surface area contributed by atoms with Crippen molar-refractivity contribution in [2.75, 3.05) is 13.2 Å². The molecule has 5 nitrogen and oxygen atoms in total. The molecule has 0 radical (unpaired) electrons. The highest BCUT2D eigenvalue weighted by molar-refractivity contribution is 7.17. The van der Waals surface area contributed by atoms with Crippen molar-refractivity contribution in [1.29, 1.82) is 0 Å². The monoisotopic (exact) mass is 333 g/mol. The van der Waals surface area contributed by atoms with E-state index in [1.54, 1.807) is 6.20 Å². The molecule has 0 aliphatic rings. The van der Waals surface area contributed by atoms with E-state index in [1.165, 1.54) is 11.3 Å². The summed E-state index contributed by atoms with van der Waals surface area (Å²) in [4.78, 5) is 22.0. The minimum atomic E-state index is -0.0967. The summed E-state index contributed by atoms with van der Waals surface area (Å²) in [6.45, 7) is 9.11. The van der Waals surface area contributed by atoms with Gasteiger partial charge in [0, 0.05) is 12.8 Å². The summed E-state index contributed by atoms with van der Waals surface area (Å²) in [7, 11) is 0. The molecule has 0 saturated heterocycles. The second kappa shape index (κ2) is 8.17. The number of pyridine rings is 1. The first-order valence-electron chi connectivity index (χ1n) is 7.80.